The zero-order valence-electron chi connectivity index (χ0n) is 13.3. The topological polar surface area (TPSA) is 27.7 Å². The van der Waals surface area contributed by atoms with Gasteiger partial charge in [-0.05, 0) is 25.9 Å². The van der Waals surface area contributed by atoms with Gasteiger partial charge in [-0.25, -0.2) is 0 Å². The lowest BCUT2D eigenvalue weighted by Gasteiger charge is -2.34. The Balaban J connectivity index is 2.15. The Hall–Kier alpha value is -0.160. The van der Waals surface area contributed by atoms with E-state index in [9.17, 15) is 0 Å². The Kier molecular flexibility index (Phi) is 8.62. The molecule has 1 saturated heterocycles. The number of ether oxygens (including phenoxy) is 1. The first kappa shape index (κ1) is 16.9. The van der Waals surface area contributed by atoms with Gasteiger partial charge in [-0.1, -0.05) is 20.8 Å². The van der Waals surface area contributed by atoms with Gasteiger partial charge in [0.2, 0.25) is 0 Å². The molecule has 0 saturated carbocycles. The Morgan fingerprint density at radius 3 is 2.89 bits per heavy atom. The standard InChI is InChI=1S/C15H33N3O/c1-5-6-16-11-15-13-18(9-10-19-15)8-7-17(4)12-14(2)3/h14-16H,5-13H2,1-4H3. The summed E-state index contributed by atoms with van der Waals surface area (Å²) in [7, 11) is 2.22. The lowest BCUT2D eigenvalue weighted by atomic mass is 10.2. The number of likely N-dealkylation sites (N-methyl/N-ethyl adjacent to an activating group) is 1. The van der Waals surface area contributed by atoms with E-state index in [-0.39, 0.29) is 0 Å². The van der Waals surface area contributed by atoms with Crippen LogP contribution in [-0.2, 0) is 4.74 Å². The van der Waals surface area contributed by atoms with E-state index in [1.807, 2.05) is 0 Å². The molecule has 1 rings (SSSR count). The maximum Gasteiger partial charge on any atom is 0.0826 e. The first-order valence-corrected chi connectivity index (χ1v) is 7.85. The largest absolute Gasteiger partial charge is 0.374 e. The summed E-state index contributed by atoms with van der Waals surface area (Å²) in [6.07, 6.45) is 1.56. The predicted octanol–water partition coefficient (Wildman–Crippen LogP) is 1.27. The molecule has 0 aromatic carbocycles. The number of morpholine rings is 1. The third-order valence-electron chi connectivity index (χ3n) is 3.50. The highest BCUT2D eigenvalue weighted by Gasteiger charge is 2.19. The predicted molar refractivity (Wildman–Crippen MR) is 81.7 cm³/mol. The Labute approximate surface area is 119 Å². The van der Waals surface area contributed by atoms with Crippen LogP contribution < -0.4 is 5.32 Å². The van der Waals surface area contributed by atoms with Crippen molar-refractivity contribution in [2.75, 3.05) is 59.5 Å². The molecule has 19 heavy (non-hydrogen) atoms. The molecule has 1 N–H and O–H groups in total. The Morgan fingerprint density at radius 2 is 2.21 bits per heavy atom. The minimum atomic E-state index is 0.371. The molecule has 0 aromatic heterocycles. The molecule has 0 bridgehead atoms. The summed E-state index contributed by atoms with van der Waals surface area (Å²) < 4.78 is 5.81. The normalized spacial score (nSPS) is 21.5. The number of rotatable bonds is 9. The van der Waals surface area contributed by atoms with Crippen LogP contribution in [0.1, 0.15) is 27.2 Å². The number of nitrogens with zero attached hydrogens (tertiary/aromatic N) is 2. The van der Waals surface area contributed by atoms with Gasteiger partial charge in [0.15, 0.2) is 0 Å². The Bertz CT molecular complexity index is 223. The highest BCUT2D eigenvalue weighted by molar-refractivity contribution is 4.74. The quantitative estimate of drug-likeness (QED) is 0.639. The van der Waals surface area contributed by atoms with Gasteiger partial charge in [-0.15, -0.1) is 0 Å². The summed E-state index contributed by atoms with van der Waals surface area (Å²) in [5.74, 6) is 0.751. The minimum absolute atomic E-state index is 0.371. The van der Waals surface area contributed by atoms with Gasteiger partial charge in [0.1, 0.15) is 0 Å². The SMILES string of the molecule is CCCNCC1CN(CCN(C)CC(C)C)CCO1. The van der Waals surface area contributed by atoms with E-state index < -0.39 is 0 Å². The van der Waals surface area contributed by atoms with E-state index in [4.69, 9.17) is 4.74 Å². The first-order valence-electron chi connectivity index (χ1n) is 7.85. The van der Waals surface area contributed by atoms with Gasteiger partial charge >= 0.3 is 0 Å². The molecule has 0 spiro atoms. The van der Waals surface area contributed by atoms with Gasteiger partial charge in [-0.2, -0.15) is 0 Å². The first-order chi connectivity index (χ1) is 9.11. The van der Waals surface area contributed by atoms with Crippen LogP contribution in [0.25, 0.3) is 0 Å². The van der Waals surface area contributed by atoms with Crippen molar-refractivity contribution in [3.63, 3.8) is 0 Å². The van der Waals surface area contributed by atoms with E-state index in [0.29, 0.717) is 6.10 Å². The van der Waals surface area contributed by atoms with Gasteiger partial charge in [-0.3, -0.25) is 4.90 Å². The van der Waals surface area contributed by atoms with E-state index >= 15 is 0 Å². The second kappa shape index (κ2) is 9.70. The second-order valence-corrected chi connectivity index (χ2v) is 6.15. The van der Waals surface area contributed by atoms with Crippen molar-refractivity contribution in [2.45, 2.75) is 33.3 Å². The zero-order chi connectivity index (χ0) is 14.1. The number of hydrogen-bond acceptors (Lipinski definition) is 4. The summed E-state index contributed by atoms with van der Waals surface area (Å²) in [6, 6.07) is 0. The number of hydrogen-bond donors (Lipinski definition) is 1. The second-order valence-electron chi connectivity index (χ2n) is 6.15. The maximum atomic E-state index is 5.81. The monoisotopic (exact) mass is 271 g/mol. The van der Waals surface area contributed by atoms with E-state index in [1.54, 1.807) is 0 Å². The van der Waals surface area contributed by atoms with Gasteiger partial charge in [0.25, 0.3) is 0 Å². The van der Waals surface area contributed by atoms with Crippen LogP contribution in [0.3, 0.4) is 0 Å². The number of nitrogens with one attached hydrogen (secondary N) is 1. The van der Waals surface area contributed by atoms with Crippen molar-refractivity contribution in [3.05, 3.63) is 0 Å². The molecule has 0 aliphatic carbocycles. The summed E-state index contributed by atoms with van der Waals surface area (Å²) in [4.78, 5) is 4.98. The van der Waals surface area contributed by atoms with Crippen LogP contribution in [0.5, 0.6) is 0 Å². The molecule has 4 nitrogen and oxygen atoms in total. The molecular weight excluding hydrogens is 238 g/mol. The smallest absolute Gasteiger partial charge is 0.0826 e. The van der Waals surface area contributed by atoms with Crippen LogP contribution in [0.15, 0.2) is 0 Å². The highest BCUT2D eigenvalue weighted by Crippen LogP contribution is 2.05. The van der Waals surface area contributed by atoms with E-state index in [2.05, 4.69) is 42.9 Å². The molecule has 1 fully saturated rings. The summed E-state index contributed by atoms with van der Waals surface area (Å²) in [5.41, 5.74) is 0. The Morgan fingerprint density at radius 1 is 1.42 bits per heavy atom. The van der Waals surface area contributed by atoms with Crippen LogP contribution in [0, 0.1) is 5.92 Å². The molecule has 4 heteroatoms. The molecule has 0 radical (unpaired) electrons. The van der Waals surface area contributed by atoms with Crippen molar-refractivity contribution in [1.29, 1.82) is 0 Å². The third kappa shape index (κ3) is 7.88. The minimum Gasteiger partial charge on any atom is -0.374 e. The van der Waals surface area contributed by atoms with Gasteiger partial charge in [0, 0.05) is 39.3 Å². The molecule has 0 amide bonds. The van der Waals surface area contributed by atoms with Crippen LogP contribution in [0.2, 0.25) is 0 Å². The molecule has 114 valence electrons. The van der Waals surface area contributed by atoms with E-state index in [1.165, 1.54) is 13.0 Å². The molecule has 1 atom stereocenters. The average Bonchev–Trinajstić information content (AvgIpc) is 2.36. The van der Waals surface area contributed by atoms with Crippen LogP contribution in [-0.4, -0.2) is 75.4 Å². The summed E-state index contributed by atoms with van der Waals surface area (Å²) in [6.45, 7) is 15.4. The summed E-state index contributed by atoms with van der Waals surface area (Å²) in [5, 5.41) is 3.45. The average molecular weight is 271 g/mol. The van der Waals surface area contributed by atoms with Crippen molar-refractivity contribution < 1.29 is 4.74 Å². The van der Waals surface area contributed by atoms with E-state index in [0.717, 1.165) is 51.8 Å². The van der Waals surface area contributed by atoms with Crippen LogP contribution in [0.4, 0.5) is 0 Å². The van der Waals surface area contributed by atoms with Crippen LogP contribution >= 0.6 is 0 Å². The fourth-order valence-corrected chi connectivity index (χ4v) is 2.57. The zero-order valence-corrected chi connectivity index (χ0v) is 13.3. The molecule has 1 aliphatic rings. The molecule has 1 heterocycles. The molecule has 0 aromatic rings. The molecule has 1 unspecified atom stereocenters. The van der Waals surface area contributed by atoms with Gasteiger partial charge < -0.3 is 15.0 Å². The molecular formula is C15H33N3O. The van der Waals surface area contributed by atoms with Gasteiger partial charge in [0.05, 0.1) is 12.7 Å². The fourth-order valence-electron chi connectivity index (χ4n) is 2.57. The van der Waals surface area contributed by atoms with Crippen molar-refractivity contribution >= 4 is 0 Å². The summed E-state index contributed by atoms with van der Waals surface area (Å²) >= 11 is 0. The van der Waals surface area contributed by atoms with Crippen molar-refractivity contribution in [3.8, 4) is 0 Å². The fraction of sp³-hybridized carbons (Fsp3) is 1.00. The molecule has 1 aliphatic heterocycles. The maximum absolute atomic E-state index is 5.81. The van der Waals surface area contributed by atoms with Crippen molar-refractivity contribution in [2.24, 2.45) is 5.92 Å². The van der Waals surface area contributed by atoms with Crippen molar-refractivity contribution in [1.82, 2.24) is 15.1 Å². The lowest BCUT2D eigenvalue weighted by Crippen LogP contribution is -2.48. The third-order valence-corrected chi connectivity index (χ3v) is 3.50. The highest BCUT2D eigenvalue weighted by atomic mass is 16.5. The lowest BCUT2D eigenvalue weighted by molar-refractivity contribution is -0.0287.